The molecule has 146 valence electrons. The Morgan fingerprint density at radius 2 is 2.00 bits per heavy atom. The summed E-state index contributed by atoms with van der Waals surface area (Å²) in [5.41, 5.74) is 4.67. The second-order valence-electron chi connectivity index (χ2n) is 7.98. The summed E-state index contributed by atoms with van der Waals surface area (Å²) in [7, 11) is 0. The summed E-state index contributed by atoms with van der Waals surface area (Å²) in [4.78, 5) is 15.1. The molecule has 3 aliphatic heterocycles. The molecule has 1 atom stereocenters. The van der Waals surface area contributed by atoms with Gasteiger partial charge in [-0.2, -0.15) is 0 Å². The molecule has 2 aromatic rings. The van der Waals surface area contributed by atoms with E-state index in [0.717, 1.165) is 40.6 Å². The van der Waals surface area contributed by atoms with Gasteiger partial charge in [0.2, 0.25) is 0 Å². The Morgan fingerprint density at radius 1 is 1.21 bits per heavy atom. The molecule has 4 nitrogen and oxygen atoms in total. The van der Waals surface area contributed by atoms with Gasteiger partial charge in [-0.3, -0.25) is 4.79 Å². The summed E-state index contributed by atoms with van der Waals surface area (Å²) >= 11 is 3.57. The zero-order chi connectivity index (χ0) is 19.3. The largest absolute Gasteiger partial charge is 0.480 e. The fourth-order valence-electron chi connectivity index (χ4n) is 4.89. The van der Waals surface area contributed by atoms with Gasteiger partial charge in [0.25, 0.3) is 5.91 Å². The van der Waals surface area contributed by atoms with Crippen molar-refractivity contribution in [2.24, 2.45) is 0 Å². The number of hydrogen-bond donors (Lipinski definition) is 0. The molecule has 2 aromatic carbocycles. The third kappa shape index (κ3) is 2.87. The van der Waals surface area contributed by atoms with Crippen LogP contribution in [0, 0.1) is 0 Å². The molecule has 0 aromatic heterocycles. The maximum atomic E-state index is 13.2. The summed E-state index contributed by atoms with van der Waals surface area (Å²) in [5, 5.41) is 0. The number of piperidine rings is 1. The highest BCUT2D eigenvalue weighted by Crippen LogP contribution is 2.44. The highest BCUT2D eigenvalue weighted by Gasteiger charge is 2.44. The molecule has 1 fully saturated rings. The van der Waals surface area contributed by atoms with Gasteiger partial charge in [0.15, 0.2) is 6.10 Å². The van der Waals surface area contributed by atoms with Crippen LogP contribution in [-0.4, -0.2) is 30.0 Å². The van der Waals surface area contributed by atoms with Gasteiger partial charge in [-0.05, 0) is 53.6 Å². The minimum atomic E-state index is -0.402. The number of aryl methyl sites for hydroxylation is 1. The highest BCUT2D eigenvalue weighted by atomic mass is 79.9. The molecule has 0 N–H and O–H groups in total. The normalized spacial score (nSPS) is 22.1. The van der Waals surface area contributed by atoms with E-state index < -0.39 is 6.10 Å². The first-order valence-electron chi connectivity index (χ1n) is 10.1. The van der Waals surface area contributed by atoms with Crippen LogP contribution in [0.1, 0.15) is 42.0 Å². The summed E-state index contributed by atoms with van der Waals surface area (Å²) in [5.74, 6) is 1.01. The van der Waals surface area contributed by atoms with E-state index >= 15 is 0 Å². The van der Waals surface area contributed by atoms with Crippen LogP contribution in [0.15, 0.2) is 40.9 Å². The Balaban J connectivity index is 1.29. The number of halogens is 1. The van der Waals surface area contributed by atoms with E-state index in [0.29, 0.717) is 26.1 Å². The Kier molecular flexibility index (Phi) is 4.48. The zero-order valence-corrected chi connectivity index (χ0v) is 17.6. The van der Waals surface area contributed by atoms with Crippen LogP contribution in [-0.2, 0) is 34.6 Å². The van der Waals surface area contributed by atoms with E-state index in [1.54, 1.807) is 0 Å². The molecule has 1 spiro atoms. The lowest BCUT2D eigenvalue weighted by Crippen LogP contribution is -2.49. The maximum absolute atomic E-state index is 13.2. The van der Waals surface area contributed by atoms with Crippen LogP contribution in [0.2, 0.25) is 0 Å². The molecule has 1 amide bonds. The van der Waals surface area contributed by atoms with Gasteiger partial charge in [0, 0.05) is 24.0 Å². The second kappa shape index (κ2) is 6.89. The Morgan fingerprint density at radius 3 is 2.79 bits per heavy atom. The van der Waals surface area contributed by atoms with Crippen molar-refractivity contribution >= 4 is 21.8 Å². The number of rotatable bonds is 2. The van der Waals surface area contributed by atoms with Crippen molar-refractivity contribution in [3.8, 4) is 5.75 Å². The molecular weight excluding hydrogens is 418 g/mol. The van der Waals surface area contributed by atoms with E-state index in [9.17, 15) is 4.79 Å². The number of likely N-dealkylation sites (tertiary alicyclic amines) is 1. The van der Waals surface area contributed by atoms with Crippen LogP contribution in [0.25, 0.3) is 0 Å². The molecule has 5 heteroatoms. The number of benzene rings is 2. The predicted molar refractivity (Wildman–Crippen MR) is 110 cm³/mol. The third-order valence-electron chi connectivity index (χ3n) is 6.42. The average Bonchev–Trinajstić information content (AvgIpc) is 3.30. The molecule has 28 heavy (non-hydrogen) atoms. The summed E-state index contributed by atoms with van der Waals surface area (Å²) in [6.45, 7) is 4.23. The standard InChI is InChI=1S/C23H24BrNO3/c1-2-15-11-18(24)12-17-13-20(28-21(15)17)22(26)25-9-7-23(8-10-25)19-6-4-3-5-16(19)14-27-23/h3-6,11-12,20H,2,7-10,13-14H2,1H3. The zero-order valence-electron chi connectivity index (χ0n) is 16.0. The second-order valence-corrected chi connectivity index (χ2v) is 8.90. The fourth-order valence-corrected chi connectivity index (χ4v) is 5.44. The molecule has 0 aliphatic carbocycles. The van der Waals surface area contributed by atoms with Crippen LogP contribution < -0.4 is 4.74 Å². The van der Waals surface area contributed by atoms with Gasteiger partial charge in [-0.25, -0.2) is 0 Å². The summed E-state index contributed by atoms with van der Waals surface area (Å²) in [6.07, 6.45) is 2.84. The quantitative estimate of drug-likeness (QED) is 0.694. The summed E-state index contributed by atoms with van der Waals surface area (Å²) in [6, 6.07) is 12.6. The molecule has 0 saturated carbocycles. The SMILES string of the molecule is CCc1cc(Br)cc2c1OC(C(=O)N1CCC3(CC1)OCc1ccccc13)C2. The molecule has 3 aliphatic rings. The average molecular weight is 442 g/mol. The molecule has 1 saturated heterocycles. The number of ether oxygens (including phenoxy) is 2. The molecule has 0 bridgehead atoms. The van der Waals surface area contributed by atoms with Crippen molar-refractivity contribution in [1.29, 1.82) is 0 Å². The van der Waals surface area contributed by atoms with E-state index in [2.05, 4.69) is 59.3 Å². The van der Waals surface area contributed by atoms with Gasteiger partial charge in [-0.1, -0.05) is 47.1 Å². The van der Waals surface area contributed by atoms with E-state index in [1.165, 1.54) is 11.1 Å². The number of fused-ring (bicyclic) bond motifs is 3. The van der Waals surface area contributed by atoms with Crippen molar-refractivity contribution in [2.75, 3.05) is 13.1 Å². The highest BCUT2D eigenvalue weighted by molar-refractivity contribution is 9.10. The lowest BCUT2D eigenvalue weighted by Gasteiger charge is -2.39. The fraction of sp³-hybridized carbons (Fsp3) is 0.435. The number of carbonyl (C=O) groups excluding carboxylic acids is 1. The van der Waals surface area contributed by atoms with E-state index in [4.69, 9.17) is 9.47 Å². The lowest BCUT2D eigenvalue weighted by molar-refractivity contribution is -0.144. The van der Waals surface area contributed by atoms with Crippen molar-refractivity contribution < 1.29 is 14.3 Å². The van der Waals surface area contributed by atoms with Crippen molar-refractivity contribution in [3.05, 3.63) is 63.1 Å². The topological polar surface area (TPSA) is 38.8 Å². The van der Waals surface area contributed by atoms with Gasteiger partial charge < -0.3 is 14.4 Å². The third-order valence-corrected chi connectivity index (χ3v) is 6.88. The monoisotopic (exact) mass is 441 g/mol. The van der Waals surface area contributed by atoms with Gasteiger partial charge in [-0.15, -0.1) is 0 Å². The number of carbonyl (C=O) groups is 1. The molecule has 0 radical (unpaired) electrons. The Labute approximate surface area is 174 Å². The smallest absolute Gasteiger partial charge is 0.263 e. The molecular formula is C23H24BrNO3. The van der Waals surface area contributed by atoms with Crippen LogP contribution in [0.3, 0.4) is 0 Å². The van der Waals surface area contributed by atoms with Crippen LogP contribution in [0.4, 0.5) is 0 Å². The number of amides is 1. The number of hydrogen-bond acceptors (Lipinski definition) is 3. The van der Waals surface area contributed by atoms with Crippen molar-refractivity contribution in [2.45, 2.75) is 50.9 Å². The minimum absolute atomic E-state index is 0.107. The van der Waals surface area contributed by atoms with Gasteiger partial charge in [0.05, 0.1) is 12.2 Å². The van der Waals surface area contributed by atoms with Gasteiger partial charge >= 0.3 is 0 Å². The van der Waals surface area contributed by atoms with Crippen molar-refractivity contribution in [3.63, 3.8) is 0 Å². The first kappa shape index (κ1) is 18.2. The van der Waals surface area contributed by atoms with Crippen molar-refractivity contribution in [1.82, 2.24) is 4.90 Å². The first-order valence-corrected chi connectivity index (χ1v) is 10.9. The Hall–Kier alpha value is -1.85. The van der Waals surface area contributed by atoms with Gasteiger partial charge in [0.1, 0.15) is 5.75 Å². The minimum Gasteiger partial charge on any atom is -0.480 e. The number of nitrogens with zero attached hydrogens (tertiary/aromatic N) is 1. The molecule has 1 unspecified atom stereocenters. The Bertz CT molecular complexity index is 933. The van der Waals surface area contributed by atoms with Crippen LogP contribution in [0.5, 0.6) is 5.75 Å². The maximum Gasteiger partial charge on any atom is 0.263 e. The van der Waals surface area contributed by atoms with E-state index in [1.807, 2.05) is 4.90 Å². The lowest BCUT2D eigenvalue weighted by atomic mass is 9.83. The van der Waals surface area contributed by atoms with E-state index in [-0.39, 0.29) is 11.5 Å². The van der Waals surface area contributed by atoms with Crippen LogP contribution >= 0.6 is 15.9 Å². The first-order chi connectivity index (χ1) is 13.6. The summed E-state index contributed by atoms with van der Waals surface area (Å²) < 4.78 is 13.4. The molecule has 3 heterocycles. The molecule has 5 rings (SSSR count). The predicted octanol–water partition coefficient (Wildman–Crippen LogP) is 4.36.